The van der Waals surface area contributed by atoms with Crippen molar-refractivity contribution < 1.29 is 0 Å². The van der Waals surface area contributed by atoms with E-state index >= 15 is 0 Å². The summed E-state index contributed by atoms with van der Waals surface area (Å²) in [6.07, 6.45) is 5.29. The number of guanidine groups is 1. The number of piperazine rings is 1. The summed E-state index contributed by atoms with van der Waals surface area (Å²) in [7, 11) is 1.91. The van der Waals surface area contributed by atoms with Crippen molar-refractivity contribution in [2.24, 2.45) is 10.9 Å². The number of hydrogen-bond donors (Lipinski definition) is 1. The topological polar surface area (TPSA) is 34.1 Å². The van der Waals surface area contributed by atoms with Crippen LogP contribution >= 0.6 is 35.3 Å². The van der Waals surface area contributed by atoms with Crippen molar-refractivity contribution in [3.8, 4) is 0 Å². The Kier molecular flexibility index (Phi) is 10.2. The van der Waals surface area contributed by atoms with Crippen molar-refractivity contribution in [2.75, 3.05) is 64.3 Å². The van der Waals surface area contributed by atoms with Gasteiger partial charge in [0.05, 0.1) is 5.00 Å². The largest absolute Gasteiger partial charge is 0.360 e. The number of nitrogens with zero attached hydrogens (tertiary/aromatic N) is 4. The van der Waals surface area contributed by atoms with Gasteiger partial charge in [0.2, 0.25) is 0 Å². The standard InChI is InChI=1S/C20H35N5S.HI/c1-18-7-5-11-23(17-18)10-4-3-9-22-20(21-2)25-14-12-24(13-15-25)19-8-6-16-26-19;/h6,8,16,18H,3-5,7,9-15,17H2,1-2H3,(H,21,22);1H. The molecule has 1 aromatic heterocycles. The average Bonchev–Trinajstić information content (AvgIpc) is 3.20. The zero-order chi connectivity index (χ0) is 18.2. The first kappa shape index (κ1) is 22.7. The molecular formula is C20H36IN5S. The van der Waals surface area contributed by atoms with Crippen molar-refractivity contribution in [1.29, 1.82) is 0 Å². The molecule has 1 atom stereocenters. The minimum absolute atomic E-state index is 0. The Labute approximate surface area is 186 Å². The number of hydrogen-bond acceptors (Lipinski definition) is 4. The second kappa shape index (κ2) is 12.1. The van der Waals surface area contributed by atoms with Crippen molar-refractivity contribution in [3.63, 3.8) is 0 Å². The van der Waals surface area contributed by atoms with Gasteiger partial charge < -0.3 is 20.0 Å². The van der Waals surface area contributed by atoms with E-state index in [-0.39, 0.29) is 24.0 Å². The molecule has 2 aliphatic rings. The van der Waals surface area contributed by atoms with Gasteiger partial charge in [0.25, 0.3) is 0 Å². The Morgan fingerprint density at radius 2 is 2.04 bits per heavy atom. The summed E-state index contributed by atoms with van der Waals surface area (Å²) in [6, 6.07) is 4.36. The SMILES string of the molecule is CN=C(NCCCCN1CCCC(C)C1)N1CCN(c2cccs2)CC1.I. The normalized spacial score (nSPS) is 21.9. The maximum absolute atomic E-state index is 4.50. The van der Waals surface area contributed by atoms with Crippen LogP contribution in [0, 0.1) is 5.92 Å². The van der Waals surface area contributed by atoms with Gasteiger partial charge in [-0.25, -0.2) is 0 Å². The summed E-state index contributed by atoms with van der Waals surface area (Å²) >= 11 is 1.83. The summed E-state index contributed by atoms with van der Waals surface area (Å²) in [5.74, 6) is 1.95. The summed E-state index contributed by atoms with van der Waals surface area (Å²) in [4.78, 5) is 12.0. The van der Waals surface area contributed by atoms with E-state index in [4.69, 9.17) is 0 Å². The summed E-state index contributed by atoms with van der Waals surface area (Å²) in [5, 5.41) is 7.12. The third-order valence-electron chi connectivity index (χ3n) is 5.53. The smallest absolute Gasteiger partial charge is 0.193 e. The van der Waals surface area contributed by atoms with E-state index in [1.807, 2.05) is 18.4 Å². The minimum atomic E-state index is 0. The van der Waals surface area contributed by atoms with Crippen molar-refractivity contribution in [2.45, 2.75) is 32.6 Å². The monoisotopic (exact) mass is 505 g/mol. The molecule has 1 aromatic rings. The van der Waals surface area contributed by atoms with Crippen LogP contribution < -0.4 is 10.2 Å². The van der Waals surface area contributed by atoms with E-state index in [2.05, 4.69) is 49.4 Å². The van der Waals surface area contributed by atoms with Crippen LogP contribution in [0.25, 0.3) is 0 Å². The van der Waals surface area contributed by atoms with E-state index in [0.717, 1.165) is 44.6 Å². The molecule has 0 bridgehead atoms. The quantitative estimate of drug-likeness (QED) is 0.278. The Morgan fingerprint density at radius 1 is 1.22 bits per heavy atom. The van der Waals surface area contributed by atoms with Crippen molar-refractivity contribution in [1.82, 2.24) is 15.1 Å². The molecule has 7 heteroatoms. The number of unbranched alkanes of at least 4 members (excludes halogenated alkanes) is 1. The molecule has 2 saturated heterocycles. The lowest BCUT2D eigenvalue weighted by atomic mass is 10.0. The number of aliphatic imine (C=N–C) groups is 1. The van der Waals surface area contributed by atoms with Crippen LogP contribution in [0.4, 0.5) is 5.00 Å². The van der Waals surface area contributed by atoms with Crippen LogP contribution in [0.3, 0.4) is 0 Å². The molecule has 0 aliphatic carbocycles. The maximum atomic E-state index is 4.50. The molecule has 3 heterocycles. The van der Waals surface area contributed by atoms with Gasteiger partial charge in [0.15, 0.2) is 5.96 Å². The minimum Gasteiger partial charge on any atom is -0.360 e. The Morgan fingerprint density at radius 3 is 2.70 bits per heavy atom. The van der Waals surface area contributed by atoms with Crippen LogP contribution in [0.2, 0.25) is 0 Å². The number of rotatable bonds is 6. The molecule has 0 spiro atoms. The fraction of sp³-hybridized carbons (Fsp3) is 0.750. The summed E-state index contributed by atoms with van der Waals surface area (Å²) < 4.78 is 0. The van der Waals surface area contributed by atoms with E-state index in [9.17, 15) is 0 Å². The number of thiophene rings is 1. The number of anilines is 1. The molecule has 0 saturated carbocycles. The lowest BCUT2D eigenvalue weighted by Crippen LogP contribution is -2.52. The van der Waals surface area contributed by atoms with Gasteiger partial charge in [0, 0.05) is 46.3 Å². The second-order valence-electron chi connectivity index (χ2n) is 7.65. The van der Waals surface area contributed by atoms with Gasteiger partial charge in [-0.2, -0.15) is 0 Å². The fourth-order valence-corrected chi connectivity index (χ4v) is 4.86. The number of nitrogens with one attached hydrogen (secondary N) is 1. The predicted molar refractivity (Wildman–Crippen MR) is 129 cm³/mol. The Bertz CT molecular complexity index is 543. The Balaban J connectivity index is 0.00000261. The maximum Gasteiger partial charge on any atom is 0.193 e. The van der Waals surface area contributed by atoms with Gasteiger partial charge in [0.1, 0.15) is 0 Å². The van der Waals surface area contributed by atoms with E-state index < -0.39 is 0 Å². The summed E-state index contributed by atoms with van der Waals surface area (Å²) in [6.45, 7) is 11.5. The lowest BCUT2D eigenvalue weighted by molar-refractivity contribution is 0.181. The fourth-order valence-electron chi connectivity index (χ4n) is 4.07. The first-order valence-electron chi connectivity index (χ1n) is 10.2. The molecule has 154 valence electrons. The highest BCUT2D eigenvalue weighted by Gasteiger charge is 2.20. The van der Waals surface area contributed by atoms with Gasteiger partial charge >= 0.3 is 0 Å². The number of likely N-dealkylation sites (tertiary alicyclic amines) is 1. The van der Waals surface area contributed by atoms with Crippen molar-refractivity contribution >= 4 is 46.3 Å². The van der Waals surface area contributed by atoms with Gasteiger partial charge in [-0.3, -0.25) is 4.99 Å². The third kappa shape index (κ3) is 7.09. The Hall–Kier alpha value is -0.540. The molecular weight excluding hydrogens is 469 g/mol. The average molecular weight is 506 g/mol. The number of piperidine rings is 1. The second-order valence-corrected chi connectivity index (χ2v) is 8.58. The van der Waals surface area contributed by atoms with Gasteiger partial charge in [-0.1, -0.05) is 6.92 Å². The first-order valence-corrected chi connectivity index (χ1v) is 11.1. The van der Waals surface area contributed by atoms with Gasteiger partial charge in [-0.15, -0.1) is 35.3 Å². The molecule has 27 heavy (non-hydrogen) atoms. The highest BCUT2D eigenvalue weighted by atomic mass is 127. The molecule has 1 N–H and O–H groups in total. The first-order chi connectivity index (χ1) is 12.8. The van der Waals surface area contributed by atoms with Crippen LogP contribution in [0.5, 0.6) is 0 Å². The highest BCUT2D eigenvalue weighted by Crippen LogP contribution is 2.22. The summed E-state index contributed by atoms with van der Waals surface area (Å²) in [5.41, 5.74) is 0. The molecule has 3 rings (SSSR count). The van der Waals surface area contributed by atoms with E-state index in [1.54, 1.807) is 0 Å². The van der Waals surface area contributed by atoms with E-state index in [1.165, 1.54) is 50.3 Å². The zero-order valence-electron chi connectivity index (χ0n) is 16.9. The molecule has 1 unspecified atom stereocenters. The van der Waals surface area contributed by atoms with Crippen molar-refractivity contribution in [3.05, 3.63) is 17.5 Å². The molecule has 0 radical (unpaired) electrons. The molecule has 5 nitrogen and oxygen atoms in total. The highest BCUT2D eigenvalue weighted by molar-refractivity contribution is 14.0. The predicted octanol–water partition coefficient (Wildman–Crippen LogP) is 3.58. The number of halogens is 1. The van der Waals surface area contributed by atoms with Crippen LogP contribution in [-0.4, -0.2) is 75.2 Å². The van der Waals surface area contributed by atoms with Crippen LogP contribution in [0.1, 0.15) is 32.6 Å². The molecule has 0 amide bonds. The van der Waals surface area contributed by atoms with Crippen LogP contribution in [-0.2, 0) is 0 Å². The zero-order valence-corrected chi connectivity index (χ0v) is 20.0. The molecule has 0 aromatic carbocycles. The third-order valence-corrected chi connectivity index (χ3v) is 6.46. The molecule has 2 aliphatic heterocycles. The molecule has 2 fully saturated rings. The van der Waals surface area contributed by atoms with Crippen LogP contribution in [0.15, 0.2) is 22.5 Å². The lowest BCUT2D eigenvalue weighted by Gasteiger charge is -2.37. The van der Waals surface area contributed by atoms with Gasteiger partial charge in [-0.05, 0) is 62.2 Å². The van der Waals surface area contributed by atoms with E-state index in [0.29, 0.717) is 0 Å².